The lowest BCUT2D eigenvalue weighted by Crippen LogP contribution is -2.47. The van der Waals surface area contributed by atoms with E-state index in [9.17, 15) is 9.59 Å². The Balaban J connectivity index is 1.34. The lowest BCUT2D eigenvalue weighted by Gasteiger charge is -2.38. The highest BCUT2D eigenvalue weighted by Crippen LogP contribution is 2.31. The molecule has 5 rings (SSSR count). The fraction of sp³-hybridized carbons (Fsp3) is 0.278. The van der Waals surface area contributed by atoms with Crippen LogP contribution in [0.15, 0.2) is 103 Å². The van der Waals surface area contributed by atoms with Gasteiger partial charge in [-0.1, -0.05) is 79.7 Å². The van der Waals surface area contributed by atoms with Crippen molar-refractivity contribution in [2.45, 2.75) is 25.7 Å². The van der Waals surface area contributed by atoms with Gasteiger partial charge in [-0.05, 0) is 54.3 Å². The Morgan fingerprint density at radius 1 is 0.791 bits per heavy atom. The zero-order valence-electron chi connectivity index (χ0n) is 25.0. The van der Waals surface area contributed by atoms with Crippen molar-refractivity contribution in [1.82, 2.24) is 5.32 Å². The number of nitrogens with one attached hydrogen (secondary N) is 2. The van der Waals surface area contributed by atoms with E-state index < -0.39 is 0 Å². The van der Waals surface area contributed by atoms with Crippen LogP contribution in [-0.4, -0.2) is 51.6 Å². The Kier molecular flexibility index (Phi) is 9.95. The van der Waals surface area contributed by atoms with Crippen LogP contribution in [0.2, 0.25) is 0 Å². The highest BCUT2D eigenvalue weighted by molar-refractivity contribution is 6.03. The van der Waals surface area contributed by atoms with Crippen molar-refractivity contribution in [2.75, 3.05) is 55.0 Å². The molecule has 0 aliphatic carbocycles. The predicted octanol–water partition coefficient (Wildman–Crippen LogP) is 6.13. The summed E-state index contributed by atoms with van der Waals surface area (Å²) in [6.07, 6.45) is 1.42. The van der Waals surface area contributed by atoms with Crippen molar-refractivity contribution >= 4 is 28.9 Å². The summed E-state index contributed by atoms with van der Waals surface area (Å²) in [7, 11) is 1.70. The quantitative estimate of drug-likeness (QED) is 0.225. The SMILES string of the molecule is CCC(C(=O)Nc1ccc(N2CCN(c3ccccc3OC)CC2)c(C(=O)NCCc2ccccc2)c1)c1ccccc1. The fourth-order valence-electron chi connectivity index (χ4n) is 5.70. The summed E-state index contributed by atoms with van der Waals surface area (Å²) in [6, 6.07) is 33.7. The maximum absolute atomic E-state index is 13.6. The van der Waals surface area contributed by atoms with E-state index in [1.807, 2.05) is 91.9 Å². The molecule has 0 aromatic heterocycles. The predicted molar refractivity (Wildman–Crippen MR) is 174 cm³/mol. The molecule has 1 saturated heterocycles. The van der Waals surface area contributed by atoms with E-state index in [1.165, 1.54) is 5.56 Å². The fourth-order valence-corrected chi connectivity index (χ4v) is 5.70. The van der Waals surface area contributed by atoms with Crippen LogP contribution in [0.3, 0.4) is 0 Å². The van der Waals surface area contributed by atoms with Crippen LogP contribution in [0.1, 0.15) is 40.7 Å². The third kappa shape index (κ3) is 7.36. The number of methoxy groups -OCH3 is 1. The first-order valence-electron chi connectivity index (χ1n) is 15.0. The number of hydrogen-bond donors (Lipinski definition) is 2. The minimum Gasteiger partial charge on any atom is -0.495 e. The maximum atomic E-state index is 13.6. The second-order valence-corrected chi connectivity index (χ2v) is 10.7. The summed E-state index contributed by atoms with van der Waals surface area (Å²) in [5.74, 6) is 0.356. The first kappa shape index (κ1) is 29.7. The Morgan fingerprint density at radius 2 is 1.42 bits per heavy atom. The van der Waals surface area contributed by atoms with Crippen LogP contribution in [-0.2, 0) is 11.2 Å². The minimum atomic E-state index is -0.271. The average Bonchev–Trinajstić information content (AvgIpc) is 3.06. The lowest BCUT2D eigenvalue weighted by molar-refractivity contribution is -0.117. The van der Waals surface area contributed by atoms with Gasteiger partial charge in [0, 0.05) is 44.1 Å². The number of rotatable bonds is 11. The van der Waals surface area contributed by atoms with Gasteiger partial charge in [-0.25, -0.2) is 0 Å². The summed E-state index contributed by atoms with van der Waals surface area (Å²) in [5.41, 5.74) is 5.26. The molecule has 4 aromatic rings. The summed E-state index contributed by atoms with van der Waals surface area (Å²) in [5, 5.41) is 6.19. The number of piperazine rings is 1. The number of carbonyl (C=O) groups is 2. The lowest BCUT2D eigenvalue weighted by atomic mass is 9.95. The number of amides is 2. The molecular formula is C36H40N4O3. The molecule has 222 valence electrons. The highest BCUT2D eigenvalue weighted by atomic mass is 16.5. The molecule has 2 amide bonds. The Morgan fingerprint density at radius 3 is 2.09 bits per heavy atom. The van der Waals surface area contributed by atoms with Crippen LogP contribution in [0.25, 0.3) is 0 Å². The van der Waals surface area contributed by atoms with Gasteiger partial charge in [-0.2, -0.15) is 0 Å². The van der Waals surface area contributed by atoms with Crippen molar-refractivity contribution < 1.29 is 14.3 Å². The first-order valence-corrected chi connectivity index (χ1v) is 15.0. The molecule has 2 N–H and O–H groups in total. The van der Waals surface area contributed by atoms with E-state index in [4.69, 9.17) is 4.74 Å². The molecule has 1 aliphatic heterocycles. The number of para-hydroxylation sites is 2. The van der Waals surface area contributed by atoms with Crippen molar-refractivity contribution in [3.05, 3.63) is 120 Å². The van der Waals surface area contributed by atoms with Crippen LogP contribution in [0.5, 0.6) is 5.75 Å². The zero-order valence-corrected chi connectivity index (χ0v) is 25.0. The second kappa shape index (κ2) is 14.4. The van der Waals surface area contributed by atoms with Gasteiger partial charge in [0.25, 0.3) is 5.91 Å². The normalized spacial score (nSPS) is 13.7. The monoisotopic (exact) mass is 576 g/mol. The molecule has 7 nitrogen and oxygen atoms in total. The summed E-state index contributed by atoms with van der Waals surface area (Å²) < 4.78 is 5.59. The highest BCUT2D eigenvalue weighted by Gasteiger charge is 2.25. The van der Waals surface area contributed by atoms with Gasteiger partial charge in [-0.3, -0.25) is 9.59 Å². The number of nitrogens with zero attached hydrogens (tertiary/aromatic N) is 2. The third-order valence-electron chi connectivity index (χ3n) is 8.02. The zero-order chi connectivity index (χ0) is 30.0. The molecule has 0 bridgehead atoms. The number of hydrogen-bond acceptors (Lipinski definition) is 5. The molecule has 1 unspecified atom stereocenters. The molecule has 4 aromatic carbocycles. The molecule has 1 atom stereocenters. The average molecular weight is 577 g/mol. The van der Waals surface area contributed by atoms with Crippen LogP contribution in [0.4, 0.5) is 17.1 Å². The Hall–Kier alpha value is -4.78. The molecule has 0 radical (unpaired) electrons. The summed E-state index contributed by atoms with van der Waals surface area (Å²) >= 11 is 0. The van der Waals surface area contributed by atoms with Crippen molar-refractivity contribution in [2.24, 2.45) is 0 Å². The van der Waals surface area contributed by atoms with Crippen LogP contribution < -0.4 is 25.2 Å². The topological polar surface area (TPSA) is 73.9 Å². The Bertz CT molecular complexity index is 1500. The van der Waals surface area contributed by atoms with E-state index in [2.05, 4.69) is 38.6 Å². The van der Waals surface area contributed by atoms with Crippen LogP contribution >= 0.6 is 0 Å². The van der Waals surface area contributed by atoms with Gasteiger partial charge >= 0.3 is 0 Å². The smallest absolute Gasteiger partial charge is 0.253 e. The van der Waals surface area contributed by atoms with E-state index >= 15 is 0 Å². The summed E-state index contributed by atoms with van der Waals surface area (Å²) in [6.45, 7) is 5.62. The standard InChI is InChI=1S/C36H40N4O3/c1-3-30(28-14-8-5-9-15-28)36(42)38-29-18-19-32(31(26-29)35(41)37-21-20-27-12-6-4-7-13-27)39-22-24-40(25-23-39)33-16-10-11-17-34(33)43-2/h4-19,26,30H,3,20-25H2,1-2H3,(H,37,41)(H,38,42). The number of ether oxygens (including phenoxy) is 1. The molecule has 43 heavy (non-hydrogen) atoms. The molecule has 1 heterocycles. The van der Waals surface area contributed by atoms with Gasteiger partial charge in [-0.15, -0.1) is 0 Å². The number of benzene rings is 4. The second-order valence-electron chi connectivity index (χ2n) is 10.7. The van der Waals surface area contributed by atoms with E-state index in [-0.39, 0.29) is 17.7 Å². The van der Waals surface area contributed by atoms with Gasteiger partial charge in [0.15, 0.2) is 0 Å². The van der Waals surface area contributed by atoms with Crippen molar-refractivity contribution in [3.63, 3.8) is 0 Å². The molecular weight excluding hydrogens is 536 g/mol. The van der Waals surface area contributed by atoms with E-state index in [0.29, 0.717) is 24.2 Å². The molecule has 0 spiro atoms. The Labute approximate surface area is 254 Å². The third-order valence-corrected chi connectivity index (χ3v) is 8.02. The van der Waals surface area contributed by atoms with Crippen LogP contribution in [0, 0.1) is 0 Å². The minimum absolute atomic E-state index is 0.0812. The molecule has 1 aliphatic rings. The summed E-state index contributed by atoms with van der Waals surface area (Å²) in [4.78, 5) is 31.5. The maximum Gasteiger partial charge on any atom is 0.253 e. The van der Waals surface area contributed by atoms with Crippen molar-refractivity contribution in [3.8, 4) is 5.75 Å². The van der Waals surface area contributed by atoms with E-state index in [1.54, 1.807) is 7.11 Å². The van der Waals surface area contributed by atoms with E-state index in [0.717, 1.165) is 55.3 Å². The van der Waals surface area contributed by atoms with Gasteiger partial charge in [0.05, 0.1) is 24.3 Å². The van der Waals surface area contributed by atoms with Gasteiger partial charge in [0.2, 0.25) is 5.91 Å². The molecule has 0 saturated carbocycles. The molecule has 1 fully saturated rings. The van der Waals surface area contributed by atoms with Crippen molar-refractivity contribution in [1.29, 1.82) is 0 Å². The first-order chi connectivity index (χ1) is 21.1. The van der Waals surface area contributed by atoms with Gasteiger partial charge < -0.3 is 25.2 Å². The number of anilines is 3. The number of carbonyl (C=O) groups excluding carboxylic acids is 2. The molecule has 7 heteroatoms. The largest absolute Gasteiger partial charge is 0.495 e. The van der Waals surface area contributed by atoms with Gasteiger partial charge in [0.1, 0.15) is 5.75 Å².